The number of H-pyrrole nitrogens is 1. The Morgan fingerprint density at radius 3 is 2.60 bits per heavy atom. The molecule has 5 aromatic rings. The zero-order valence-corrected chi connectivity index (χ0v) is 38.8. The van der Waals surface area contributed by atoms with Crippen molar-refractivity contribution >= 4 is 29.5 Å². The molecule has 1 saturated carbocycles. The Hall–Kier alpha value is -6.62. The molecule has 5 heterocycles. The molecule has 12 heteroatoms. The van der Waals surface area contributed by atoms with Gasteiger partial charge >= 0.3 is 0 Å². The molecule has 360 valence electrons. The van der Waals surface area contributed by atoms with Crippen LogP contribution in [0.2, 0.25) is 0 Å². The van der Waals surface area contributed by atoms with Crippen molar-refractivity contribution in [3.8, 4) is 29.1 Å². The minimum Gasteiger partial charge on any atom is -0.664 e. The number of allylic oxidation sites excluding steroid dienone is 1. The van der Waals surface area contributed by atoms with Gasteiger partial charge in [-0.3, -0.25) is 9.59 Å². The van der Waals surface area contributed by atoms with Crippen LogP contribution in [0, 0.1) is 23.7 Å². The fourth-order valence-corrected chi connectivity index (χ4v) is 12.1. The number of nitrogens with one attached hydrogen (secondary N) is 1. The summed E-state index contributed by atoms with van der Waals surface area (Å²) in [6.45, 7) is -0.445. The van der Waals surface area contributed by atoms with Crippen LogP contribution in [0.3, 0.4) is 0 Å². The second-order valence-corrected chi connectivity index (χ2v) is 20.1. The first kappa shape index (κ1) is 45.8. The summed E-state index contributed by atoms with van der Waals surface area (Å²) >= 11 is 0. The minimum atomic E-state index is -1.47. The summed E-state index contributed by atoms with van der Waals surface area (Å²) < 4.78 is 6.43. The zero-order chi connectivity index (χ0) is 48.3. The smallest absolute Gasteiger partial charge is 0.163 e. The van der Waals surface area contributed by atoms with Crippen LogP contribution >= 0.6 is 0 Å². The number of carbonyl (C=O) groups is 2. The van der Waals surface area contributed by atoms with Crippen molar-refractivity contribution in [2.75, 3.05) is 6.61 Å². The lowest BCUT2D eigenvalue weighted by atomic mass is 9.65. The average Bonchev–Trinajstić information content (AvgIpc) is 4.14. The van der Waals surface area contributed by atoms with E-state index in [0.29, 0.717) is 40.2 Å². The standard InChI is InChI=1S/C58H57N3O9/c62-26-21-42-51(65)16-11-32-27-45(55(67)52(28-32)70-35-6-1-2-7-35)54(66)34-12-13-37-40-15-14-38(43(37)29-34)41-20-25-60-57(41)61-47(8-4-10-50(40)64)44-30-48-39(19-24-59-48)46(53(44)56(42)68)31-58(69)22-17-33-5-3-9-49(63)36(33)18-23-58/h3,5,9,12-15,18-20,23-25,27-30,35,38,40,42,46-47,50,53-54,60,62-64,66-67,69H,1-2,6-7,10-11,16-17,21-22,26,31H2/q-2/t38-,40+,42+,46+,47+,50-,53+,54+,58-/m0/s1. The van der Waals surface area contributed by atoms with Crippen molar-refractivity contribution in [1.82, 2.24) is 9.97 Å². The molecule has 0 radical (unpaired) electrons. The van der Waals surface area contributed by atoms with Crippen LogP contribution in [0.5, 0.6) is 17.2 Å². The normalized spacial score (nSPS) is 28.2. The van der Waals surface area contributed by atoms with E-state index in [1.807, 2.05) is 54.6 Å². The lowest BCUT2D eigenvalue weighted by Crippen LogP contribution is -2.41. The van der Waals surface area contributed by atoms with Crippen LogP contribution in [-0.2, 0) is 22.4 Å². The number of aryl methyl sites for hydroxylation is 2. The molecule has 7 bridgehead atoms. The van der Waals surface area contributed by atoms with E-state index >= 15 is 4.79 Å². The molecular weight excluding hydrogens is 883 g/mol. The van der Waals surface area contributed by atoms with E-state index < -0.39 is 71.6 Å². The Balaban J connectivity index is 1.09. The summed E-state index contributed by atoms with van der Waals surface area (Å²) in [5.41, 5.74) is 5.67. The predicted octanol–water partition coefficient (Wildman–Crippen LogP) is 8.37. The maximum absolute atomic E-state index is 15.9. The lowest BCUT2D eigenvalue weighted by molar-refractivity contribution is -0.135. The molecule has 12 nitrogen and oxygen atoms in total. The number of ketones is 2. The second kappa shape index (κ2) is 18.6. The number of aromatic amines is 1. The van der Waals surface area contributed by atoms with E-state index in [9.17, 15) is 35.4 Å². The zero-order valence-electron chi connectivity index (χ0n) is 38.8. The SMILES string of the molecule is O=C1CCc2cc(OC3CCCC3)c(O)c(c2)[C@H](O)c2ccc3c(c2)[C@H]2C=C[C@H]3[C@@H](O)CC#C[C@@H]([N-]c3[nH]ccc32)C2=Cc3[n-]ccc3[C@@H](C[C@@]3(O)C=Cc4c(O)cccc4CC3)[C@@H]2C(=O)[C@@H]1CCO. The molecule has 1 fully saturated rings. The van der Waals surface area contributed by atoms with Crippen molar-refractivity contribution in [3.05, 3.63) is 158 Å². The van der Waals surface area contributed by atoms with Crippen molar-refractivity contribution in [2.45, 2.75) is 118 Å². The second-order valence-electron chi connectivity index (χ2n) is 20.1. The van der Waals surface area contributed by atoms with Gasteiger partial charge < -0.3 is 50.7 Å². The lowest BCUT2D eigenvalue weighted by Gasteiger charge is -2.42. The summed E-state index contributed by atoms with van der Waals surface area (Å²) in [4.78, 5) is 38.8. The minimum absolute atomic E-state index is 0.0490. The third-order valence-electron chi connectivity index (χ3n) is 15.8. The number of carbonyl (C=O) groups excluding carboxylic acids is 2. The van der Waals surface area contributed by atoms with Crippen LogP contribution in [0.4, 0.5) is 5.82 Å². The number of aromatic hydroxyl groups is 2. The number of aromatic nitrogens is 2. The molecule has 9 atom stereocenters. The van der Waals surface area contributed by atoms with Gasteiger partial charge in [-0.15, -0.1) is 11.6 Å². The molecule has 0 amide bonds. The fourth-order valence-electron chi connectivity index (χ4n) is 12.1. The van der Waals surface area contributed by atoms with Gasteiger partial charge in [0, 0.05) is 54.4 Å². The summed E-state index contributed by atoms with van der Waals surface area (Å²) in [5.74, 6) is 2.47. The van der Waals surface area contributed by atoms with Gasteiger partial charge in [-0.05, 0) is 121 Å². The third-order valence-corrected chi connectivity index (χ3v) is 15.8. The maximum Gasteiger partial charge on any atom is 0.163 e. The number of phenols is 2. The predicted molar refractivity (Wildman–Crippen MR) is 264 cm³/mol. The molecule has 3 aromatic carbocycles. The van der Waals surface area contributed by atoms with E-state index in [0.717, 1.165) is 53.5 Å². The number of hydrogen-bond donors (Lipinski definition) is 7. The van der Waals surface area contributed by atoms with Crippen LogP contribution in [0.15, 0.2) is 96.9 Å². The van der Waals surface area contributed by atoms with Crippen molar-refractivity contribution in [2.24, 2.45) is 11.8 Å². The summed E-state index contributed by atoms with van der Waals surface area (Å²) in [5, 5.41) is 75.6. The van der Waals surface area contributed by atoms with Gasteiger partial charge in [0.1, 0.15) is 17.6 Å². The molecule has 7 aliphatic rings. The Morgan fingerprint density at radius 1 is 0.900 bits per heavy atom. The molecular formula is C58H57N3O9-2. The van der Waals surface area contributed by atoms with Crippen molar-refractivity contribution in [1.29, 1.82) is 0 Å². The first-order valence-electron chi connectivity index (χ1n) is 24.8. The first-order valence-corrected chi connectivity index (χ1v) is 24.8. The molecule has 0 spiro atoms. The number of aliphatic hydroxyl groups excluding tert-OH is 3. The van der Waals surface area contributed by atoms with Crippen LogP contribution in [-0.4, -0.2) is 77.6 Å². The average molecular weight is 940 g/mol. The topological polar surface area (TPSA) is 209 Å². The fraction of sp³-hybridized carbons (Fsp3) is 0.379. The van der Waals surface area contributed by atoms with E-state index in [1.54, 1.807) is 48.8 Å². The monoisotopic (exact) mass is 939 g/mol. The Morgan fingerprint density at radius 2 is 1.76 bits per heavy atom. The van der Waals surface area contributed by atoms with Gasteiger partial charge in [0.2, 0.25) is 0 Å². The van der Waals surface area contributed by atoms with Gasteiger partial charge in [0.25, 0.3) is 0 Å². The third kappa shape index (κ3) is 8.38. The molecule has 2 aromatic heterocycles. The van der Waals surface area contributed by atoms with Gasteiger partial charge in [-0.2, -0.15) is 6.20 Å². The Bertz CT molecular complexity index is 3020. The molecule has 12 rings (SSSR count). The van der Waals surface area contributed by atoms with Crippen LogP contribution in [0.25, 0.3) is 17.5 Å². The number of aliphatic hydroxyl groups is 4. The Kier molecular flexibility index (Phi) is 12.2. The number of ether oxygens (including phenoxy) is 1. The van der Waals surface area contributed by atoms with Gasteiger partial charge in [0.15, 0.2) is 17.3 Å². The van der Waals surface area contributed by atoms with E-state index in [4.69, 9.17) is 15.0 Å². The number of fused-ring (bicyclic) bond motifs is 8. The summed E-state index contributed by atoms with van der Waals surface area (Å²) in [7, 11) is 0. The molecule has 7 N–H and O–H groups in total. The quantitative estimate of drug-likeness (QED) is 0.0492. The van der Waals surface area contributed by atoms with Crippen molar-refractivity contribution in [3.63, 3.8) is 0 Å². The Labute approximate surface area is 406 Å². The highest BCUT2D eigenvalue weighted by Gasteiger charge is 2.45. The largest absolute Gasteiger partial charge is 0.664 e. The first-order chi connectivity index (χ1) is 34.0. The highest BCUT2D eigenvalue weighted by Crippen LogP contribution is 2.51. The number of phenolic OH excluding ortho intramolecular Hbond substituents is 2. The maximum atomic E-state index is 15.9. The molecule has 3 aliphatic heterocycles. The number of Topliss-reactive ketones (excluding diaryl/α,β-unsaturated/α-hetero) is 2. The van der Waals surface area contributed by atoms with Gasteiger partial charge in [0.05, 0.1) is 23.7 Å². The number of rotatable bonds is 6. The van der Waals surface area contributed by atoms with Gasteiger partial charge in [-0.1, -0.05) is 96.3 Å². The molecule has 0 unspecified atom stereocenters. The van der Waals surface area contributed by atoms with E-state index in [1.165, 1.54) is 0 Å². The van der Waals surface area contributed by atoms with Crippen molar-refractivity contribution < 1.29 is 45.0 Å². The number of hydrogen-bond acceptors (Lipinski definition) is 9. The summed E-state index contributed by atoms with van der Waals surface area (Å²) in [6.07, 6.45) is 14.8. The highest BCUT2D eigenvalue weighted by atomic mass is 16.5. The number of benzene rings is 3. The molecule has 0 saturated heterocycles. The van der Waals surface area contributed by atoms with E-state index in [2.05, 4.69) is 16.8 Å². The molecule has 4 aliphatic carbocycles. The van der Waals surface area contributed by atoms with Crippen LogP contribution in [0.1, 0.15) is 137 Å². The number of nitrogens with zero attached hydrogens (tertiary/aromatic N) is 2. The molecule has 70 heavy (non-hydrogen) atoms. The summed E-state index contributed by atoms with van der Waals surface area (Å²) in [6, 6.07) is 17.2. The van der Waals surface area contributed by atoms with Crippen LogP contribution < -0.4 is 9.72 Å². The van der Waals surface area contributed by atoms with E-state index in [-0.39, 0.29) is 67.4 Å². The highest BCUT2D eigenvalue weighted by molar-refractivity contribution is 6.05. The van der Waals surface area contributed by atoms with Gasteiger partial charge in [-0.25, -0.2) is 0 Å².